The van der Waals surface area contributed by atoms with Crippen molar-refractivity contribution >= 4 is 34.5 Å². The monoisotopic (exact) mass is 296 g/mol. The van der Waals surface area contributed by atoms with Crippen LogP contribution in [-0.2, 0) is 9.59 Å². The number of amides is 1. The average Bonchev–Trinajstić information content (AvgIpc) is 2.68. The standard InChI is InChI=1S/C13H19N3O3S/c17-11(18)8-10-12(19)14-13(20-10)16-15-9-6-4-2-1-3-5-7-9/h10H,1-8H2,(H,17,18)(H,14,16,19)/p-1/t10-/m0/s1. The zero-order valence-electron chi connectivity index (χ0n) is 11.3. The summed E-state index contributed by atoms with van der Waals surface area (Å²) in [5.74, 6) is -1.57. The van der Waals surface area contributed by atoms with Gasteiger partial charge in [-0.1, -0.05) is 31.0 Å². The maximum Gasteiger partial charge on any atom is 0.239 e. The number of nitrogens with zero attached hydrogens (tertiary/aromatic N) is 2. The molecule has 1 N–H and O–H groups in total. The van der Waals surface area contributed by atoms with E-state index in [1.54, 1.807) is 0 Å². The summed E-state index contributed by atoms with van der Waals surface area (Å²) >= 11 is 1.11. The Bertz CT molecular complexity index is 438. The average molecular weight is 296 g/mol. The second-order valence-electron chi connectivity index (χ2n) is 5.01. The first-order valence-corrected chi connectivity index (χ1v) is 7.84. The van der Waals surface area contributed by atoms with Gasteiger partial charge in [0.25, 0.3) is 0 Å². The highest BCUT2D eigenvalue weighted by Crippen LogP contribution is 2.22. The van der Waals surface area contributed by atoms with Gasteiger partial charge >= 0.3 is 0 Å². The Morgan fingerprint density at radius 1 is 1.20 bits per heavy atom. The van der Waals surface area contributed by atoms with Crippen molar-refractivity contribution in [1.82, 2.24) is 5.32 Å². The van der Waals surface area contributed by atoms with Gasteiger partial charge < -0.3 is 15.2 Å². The third kappa shape index (κ3) is 4.63. The summed E-state index contributed by atoms with van der Waals surface area (Å²) in [6, 6.07) is 0. The number of aliphatic carboxylic acids is 1. The van der Waals surface area contributed by atoms with Crippen LogP contribution in [0.15, 0.2) is 10.2 Å². The number of hydrogen-bond acceptors (Lipinski definition) is 6. The van der Waals surface area contributed by atoms with E-state index in [9.17, 15) is 14.7 Å². The number of carboxylic acids is 1. The summed E-state index contributed by atoms with van der Waals surface area (Å²) in [6.07, 6.45) is 7.64. The summed E-state index contributed by atoms with van der Waals surface area (Å²) in [5.41, 5.74) is 1.07. The van der Waals surface area contributed by atoms with Crippen molar-refractivity contribution in [3.63, 3.8) is 0 Å². The zero-order chi connectivity index (χ0) is 14.4. The molecule has 0 bridgehead atoms. The molecule has 1 saturated carbocycles. The highest BCUT2D eigenvalue weighted by Gasteiger charge is 2.30. The molecule has 110 valence electrons. The van der Waals surface area contributed by atoms with Crippen LogP contribution in [-0.4, -0.2) is 28.0 Å². The van der Waals surface area contributed by atoms with E-state index in [2.05, 4.69) is 15.5 Å². The number of nitrogens with one attached hydrogen (secondary N) is 1. The summed E-state index contributed by atoms with van der Waals surface area (Å²) in [7, 11) is 0. The van der Waals surface area contributed by atoms with Gasteiger partial charge in [0.2, 0.25) is 5.91 Å². The predicted octanol–water partition coefficient (Wildman–Crippen LogP) is 0.814. The molecule has 2 aliphatic rings. The van der Waals surface area contributed by atoms with Crippen molar-refractivity contribution in [2.24, 2.45) is 10.2 Å². The number of carbonyl (C=O) groups is 2. The van der Waals surface area contributed by atoms with Gasteiger partial charge in [-0.3, -0.25) is 4.79 Å². The Labute approximate surface area is 122 Å². The fourth-order valence-corrected chi connectivity index (χ4v) is 3.17. The molecular weight excluding hydrogens is 278 g/mol. The molecule has 0 spiro atoms. The minimum atomic E-state index is -1.23. The lowest BCUT2D eigenvalue weighted by Crippen LogP contribution is -2.31. The van der Waals surface area contributed by atoms with Crippen LogP contribution in [0.4, 0.5) is 0 Å². The molecule has 1 heterocycles. The highest BCUT2D eigenvalue weighted by molar-refractivity contribution is 8.15. The van der Waals surface area contributed by atoms with E-state index < -0.39 is 11.2 Å². The number of rotatable bonds is 3. The number of thioether (sulfide) groups is 1. The molecule has 1 atom stereocenters. The highest BCUT2D eigenvalue weighted by atomic mass is 32.2. The van der Waals surface area contributed by atoms with E-state index in [4.69, 9.17) is 0 Å². The lowest BCUT2D eigenvalue weighted by molar-refractivity contribution is -0.305. The summed E-state index contributed by atoms with van der Waals surface area (Å²) in [5, 5.41) is 21.1. The van der Waals surface area contributed by atoms with Crippen molar-refractivity contribution in [3.05, 3.63) is 0 Å². The lowest BCUT2D eigenvalue weighted by Gasteiger charge is -2.09. The van der Waals surface area contributed by atoms with Crippen LogP contribution in [0.3, 0.4) is 0 Å². The third-order valence-corrected chi connectivity index (χ3v) is 4.41. The second kappa shape index (κ2) is 7.42. The topological polar surface area (TPSA) is 93.9 Å². The first-order chi connectivity index (χ1) is 9.65. The van der Waals surface area contributed by atoms with Crippen molar-refractivity contribution in [2.75, 3.05) is 0 Å². The third-order valence-electron chi connectivity index (χ3n) is 3.34. The molecule has 7 heteroatoms. The molecule has 6 nitrogen and oxygen atoms in total. The molecule has 2 rings (SSSR count). The van der Waals surface area contributed by atoms with Gasteiger partial charge in [-0.25, -0.2) is 0 Å². The van der Waals surface area contributed by atoms with Crippen molar-refractivity contribution in [2.45, 2.75) is 56.6 Å². The number of amidine groups is 1. The van der Waals surface area contributed by atoms with Gasteiger partial charge in [-0.2, -0.15) is 5.10 Å². The molecule has 0 aromatic rings. The smallest absolute Gasteiger partial charge is 0.239 e. The van der Waals surface area contributed by atoms with E-state index in [0.29, 0.717) is 5.17 Å². The van der Waals surface area contributed by atoms with E-state index >= 15 is 0 Å². The molecule has 0 aromatic heterocycles. The van der Waals surface area contributed by atoms with Crippen molar-refractivity contribution in [1.29, 1.82) is 0 Å². The Hall–Kier alpha value is -1.37. The number of hydrogen-bond donors (Lipinski definition) is 1. The minimum Gasteiger partial charge on any atom is -0.550 e. The molecule has 20 heavy (non-hydrogen) atoms. The van der Waals surface area contributed by atoms with Gasteiger partial charge in [-0.05, 0) is 25.7 Å². The van der Waals surface area contributed by atoms with Crippen molar-refractivity contribution < 1.29 is 14.7 Å². The summed E-state index contributed by atoms with van der Waals surface area (Å²) < 4.78 is 0. The lowest BCUT2D eigenvalue weighted by atomic mass is 9.99. The van der Waals surface area contributed by atoms with Gasteiger partial charge in [0, 0.05) is 18.1 Å². The molecule has 1 saturated heterocycles. The van der Waals surface area contributed by atoms with Gasteiger partial charge in [-0.15, -0.1) is 5.10 Å². The Morgan fingerprint density at radius 2 is 1.85 bits per heavy atom. The van der Waals surface area contributed by atoms with Crippen LogP contribution in [0.1, 0.15) is 51.4 Å². The molecular formula is C13H18N3O3S-. The summed E-state index contributed by atoms with van der Waals surface area (Å²) in [4.78, 5) is 22.0. The van der Waals surface area contributed by atoms with Gasteiger partial charge in [0.05, 0.1) is 5.25 Å². The van der Waals surface area contributed by atoms with Crippen LogP contribution < -0.4 is 10.4 Å². The molecule has 1 aliphatic heterocycles. The number of carbonyl (C=O) groups excluding carboxylic acids is 2. The second-order valence-corrected chi connectivity index (χ2v) is 6.20. The SMILES string of the molecule is O=C([O-])C[C@@H]1S/C(=N\N=C2CCCCCCC2)NC1=O. The summed E-state index contributed by atoms with van der Waals surface area (Å²) in [6.45, 7) is 0. The predicted molar refractivity (Wildman–Crippen MR) is 76.3 cm³/mol. The Balaban J connectivity index is 1.93. The molecule has 1 aliphatic carbocycles. The molecule has 2 fully saturated rings. The maximum absolute atomic E-state index is 11.5. The quantitative estimate of drug-likeness (QED) is 0.780. The zero-order valence-corrected chi connectivity index (χ0v) is 12.1. The first-order valence-electron chi connectivity index (χ1n) is 6.96. The van der Waals surface area contributed by atoms with Gasteiger partial charge in [0.1, 0.15) is 0 Å². The van der Waals surface area contributed by atoms with E-state index in [-0.39, 0.29) is 12.3 Å². The Morgan fingerprint density at radius 3 is 2.50 bits per heavy atom. The van der Waals surface area contributed by atoms with E-state index in [1.807, 2.05) is 0 Å². The van der Waals surface area contributed by atoms with Crippen molar-refractivity contribution in [3.8, 4) is 0 Å². The molecule has 0 aromatic carbocycles. The minimum absolute atomic E-state index is 0.300. The van der Waals surface area contributed by atoms with Crippen LogP contribution in [0.25, 0.3) is 0 Å². The largest absolute Gasteiger partial charge is 0.550 e. The van der Waals surface area contributed by atoms with E-state index in [0.717, 1.165) is 43.2 Å². The van der Waals surface area contributed by atoms with Gasteiger partial charge in [0.15, 0.2) is 5.17 Å². The number of carboxylic acid groups (broad SMARTS) is 1. The molecule has 0 radical (unpaired) electrons. The maximum atomic E-state index is 11.5. The molecule has 1 amide bonds. The van der Waals surface area contributed by atoms with Crippen LogP contribution >= 0.6 is 11.8 Å². The van der Waals surface area contributed by atoms with Crippen LogP contribution in [0.5, 0.6) is 0 Å². The fraction of sp³-hybridized carbons (Fsp3) is 0.692. The van der Waals surface area contributed by atoms with E-state index in [1.165, 1.54) is 19.3 Å². The van der Waals surface area contributed by atoms with Crippen LogP contribution in [0.2, 0.25) is 0 Å². The van der Waals surface area contributed by atoms with Crippen LogP contribution in [0, 0.1) is 0 Å². The fourth-order valence-electron chi connectivity index (χ4n) is 2.27. The first kappa shape index (κ1) is 15.0. The normalized spacial score (nSPS) is 26.0. The molecule has 0 unspecified atom stereocenters. The Kier molecular flexibility index (Phi) is 5.58.